The number of nitro groups is 1. The van der Waals surface area contributed by atoms with Crippen LogP contribution < -0.4 is 9.96 Å². The molecule has 0 radical (unpaired) electrons. The van der Waals surface area contributed by atoms with Crippen molar-refractivity contribution in [2.75, 3.05) is 9.96 Å². The van der Waals surface area contributed by atoms with Crippen LogP contribution in [0.1, 0.15) is 17.2 Å². The van der Waals surface area contributed by atoms with Gasteiger partial charge in [-0.3, -0.25) is 24.5 Å². The van der Waals surface area contributed by atoms with Crippen molar-refractivity contribution in [2.24, 2.45) is 5.92 Å². The molecule has 0 aliphatic carbocycles. The van der Waals surface area contributed by atoms with Gasteiger partial charge in [-0.15, -0.1) is 0 Å². The number of carbonyl (C=O) groups is 2. The van der Waals surface area contributed by atoms with Crippen molar-refractivity contribution in [3.63, 3.8) is 0 Å². The minimum absolute atomic E-state index is 0.114. The molecular weight excluding hydrogens is 410 g/mol. The van der Waals surface area contributed by atoms with Crippen LogP contribution in [-0.4, -0.2) is 22.8 Å². The normalized spacial score (nSPS) is 22.3. The second kappa shape index (κ2) is 7.58. The topological polar surface area (TPSA) is 93.0 Å². The number of fused-ring (bicyclic) bond motifs is 1. The summed E-state index contributed by atoms with van der Waals surface area (Å²) in [5.41, 5.74) is 2.81. The first-order chi connectivity index (χ1) is 15.5. The van der Waals surface area contributed by atoms with Crippen LogP contribution >= 0.6 is 0 Å². The second-order valence-electron chi connectivity index (χ2n) is 7.80. The van der Waals surface area contributed by atoms with Crippen LogP contribution in [0.25, 0.3) is 0 Å². The van der Waals surface area contributed by atoms with E-state index in [0.717, 1.165) is 21.7 Å². The summed E-state index contributed by atoms with van der Waals surface area (Å²) in [4.78, 5) is 44.4. The molecule has 8 heteroatoms. The highest BCUT2D eigenvalue weighted by Crippen LogP contribution is 2.48. The summed E-state index contributed by atoms with van der Waals surface area (Å²) in [6, 6.07) is 22.0. The third-order valence-electron chi connectivity index (χ3n) is 5.95. The molecule has 3 atom stereocenters. The van der Waals surface area contributed by atoms with Crippen LogP contribution in [0.15, 0.2) is 78.9 Å². The number of rotatable bonds is 4. The molecule has 8 nitrogen and oxygen atoms in total. The highest BCUT2D eigenvalue weighted by molar-refractivity contribution is 6.24. The number of carbonyl (C=O) groups excluding carboxylic acids is 2. The van der Waals surface area contributed by atoms with E-state index in [0.29, 0.717) is 5.69 Å². The number of hydrogen-bond donors (Lipinski definition) is 0. The lowest BCUT2D eigenvalue weighted by molar-refractivity contribution is -0.384. The van der Waals surface area contributed by atoms with Crippen molar-refractivity contribution in [2.45, 2.75) is 19.1 Å². The molecule has 3 aromatic carbocycles. The minimum atomic E-state index is -0.984. The molecule has 0 N–H and O–H groups in total. The van der Waals surface area contributed by atoms with Gasteiger partial charge in [-0.1, -0.05) is 42.5 Å². The molecule has 0 spiro atoms. The average molecular weight is 429 g/mol. The lowest BCUT2D eigenvalue weighted by Crippen LogP contribution is -2.37. The number of amides is 2. The van der Waals surface area contributed by atoms with Gasteiger partial charge in [0.1, 0.15) is 5.92 Å². The van der Waals surface area contributed by atoms with Gasteiger partial charge in [-0.05, 0) is 42.3 Å². The monoisotopic (exact) mass is 429 g/mol. The number of hydroxylamine groups is 1. The summed E-state index contributed by atoms with van der Waals surface area (Å²) < 4.78 is 0. The third kappa shape index (κ3) is 3.04. The Morgan fingerprint density at radius 2 is 1.50 bits per heavy atom. The number of hydrogen-bond acceptors (Lipinski definition) is 6. The lowest BCUT2D eigenvalue weighted by atomic mass is 9.88. The van der Waals surface area contributed by atoms with Crippen LogP contribution in [-0.2, 0) is 14.4 Å². The van der Waals surface area contributed by atoms with E-state index in [1.165, 1.54) is 24.3 Å². The van der Waals surface area contributed by atoms with Crippen molar-refractivity contribution in [1.82, 2.24) is 0 Å². The largest absolute Gasteiger partial charge is 0.273 e. The van der Waals surface area contributed by atoms with E-state index in [2.05, 4.69) is 0 Å². The first kappa shape index (κ1) is 19.9. The van der Waals surface area contributed by atoms with Gasteiger partial charge in [0.25, 0.3) is 11.6 Å². The molecule has 2 aliphatic rings. The second-order valence-corrected chi connectivity index (χ2v) is 7.80. The Labute approximate surface area is 183 Å². The maximum Gasteiger partial charge on any atom is 0.269 e. The fourth-order valence-corrected chi connectivity index (χ4v) is 4.43. The van der Waals surface area contributed by atoms with Crippen LogP contribution in [0, 0.1) is 23.0 Å². The molecule has 2 fully saturated rings. The van der Waals surface area contributed by atoms with E-state index < -0.39 is 28.9 Å². The molecule has 0 aromatic heterocycles. The Morgan fingerprint density at radius 1 is 0.844 bits per heavy atom. The van der Waals surface area contributed by atoms with Crippen LogP contribution in [0.2, 0.25) is 0 Å². The smallest absolute Gasteiger partial charge is 0.269 e. The fraction of sp³-hybridized carbons (Fsp3) is 0.167. The van der Waals surface area contributed by atoms with E-state index >= 15 is 0 Å². The molecule has 160 valence electrons. The predicted octanol–water partition coefficient (Wildman–Crippen LogP) is 3.95. The maximum atomic E-state index is 13.6. The van der Waals surface area contributed by atoms with Gasteiger partial charge in [-0.2, -0.15) is 0 Å². The molecule has 0 unspecified atom stereocenters. The highest BCUT2D eigenvalue weighted by Gasteiger charge is 2.60. The van der Waals surface area contributed by atoms with E-state index in [1.807, 2.05) is 61.5 Å². The zero-order valence-electron chi connectivity index (χ0n) is 17.1. The van der Waals surface area contributed by atoms with Gasteiger partial charge >= 0.3 is 0 Å². The van der Waals surface area contributed by atoms with E-state index in [-0.39, 0.29) is 11.6 Å². The maximum absolute atomic E-state index is 13.6. The van der Waals surface area contributed by atoms with E-state index in [9.17, 15) is 19.7 Å². The van der Waals surface area contributed by atoms with Gasteiger partial charge < -0.3 is 0 Å². The number of nitro benzene ring substituents is 1. The van der Waals surface area contributed by atoms with Gasteiger partial charge in [-0.25, -0.2) is 9.96 Å². The SMILES string of the molecule is Cc1ccccc1[C@@H]1[C@@H]2C(=O)N(c3ccc([N+](=O)[O-])cc3)C(=O)[C@H]2ON1c1ccccc1. The summed E-state index contributed by atoms with van der Waals surface area (Å²) in [5, 5.41) is 12.6. The van der Waals surface area contributed by atoms with E-state index in [4.69, 9.17) is 4.84 Å². The highest BCUT2D eigenvalue weighted by atomic mass is 16.7. The van der Waals surface area contributed by atoms with Crippen molar-refractivity contribution in [3.8, 4) is 0 Å². The Balaban J connectivity index is 1.57. The fourth-order valence-electron chi connectivity index (χ4n) is 4.43. The predicted molar refractivity (Wildman–Crippen MR) is 117 cm³/mol. The molecule has 2 amide bonds. The summed E-state index contributed by atoms with van der Waals surface area (Å²) >= 11 is 0. The Bertz CT molecular complexity index is 1210. The number of benzene rings is 3. The first-order valence-corrected chi connectivity index (χ1v) is 10.2. The van der Waals surface area contributed by atoms with E-state index in [1.54, 1.807) is 5.06 Å². The first-order valence-electron chi connectivity index (χ1n) is 10.2. The van der Waals surface area contributed by atoms with Crippen molar-refractivity contribution in [1.29, 1.82) is 0 Å². The summed E-state index contributed by atoms with van der Waals surface area (Å²) in [6.07, 6.45) is -0.984. The Kier molecular flexibility index (Phi) is 4.71. The van der Waals surface area contributed by atoms with Crippen LogP contribution in [0.4, 0.5) is 17.1 Å². The molecule has 2 aliphatic heterocycles. The molecule has 2 heterocycles. The third-order valence-corrected chi connectivity index (χ3v) is 5.95. The number of nitrogens with zero attached hydrogens (tertiary/aromatic N) is 3. The number of non-ortho nitro benzene ring substituents is 1. The molecule has 3 aromatic rings. The Morgan fingerprint density at radius 3 is 2.16 bits per heavy atom. The Hall–Kier alpha value is -4.04. The quantitative estimate of drug-likeness (QED) is 0.354. The zero-order chi connectivity index (χ0) is 22.4. The molecule has 0 bridgehead atoms. The number of imide groups is 1. The minimum Gasteiger partial charge on any atom is -0.273 e. The summed E-state index contributed by atoms with van der Waals surface area (Å²) in [6.45, 7) is 1.96. The molecule has 0 saturated carbocycles. The van der Waals surface area contributed by atoms with Crippen molar-refractivity contribution in [3.05, 3.63) is 100 Å². The van der Waals surface area contributed by atoms with Crippen molar-refractivity contribution >= 4 is 28.9 Å². The lowest BCUT2D eigenvalue weighted by Gasteiger charge is -2.29. The number of para-hydroxylation sites is 1. The average Bonchev–Trinajstić information content (AvgIpc) is 3.31. The zero-order valence-corrected chi connectivity index (χ0v) is 17.1. The van der Waals surface area contributed by atoms with Gasteiger partial charge in [0.05, 0.1) is 22.3 Å². The molecular formula is C24H19N3O5. The van der Waals surface area contributed by atoms with Gasteiger partial charge in [0.2, 0.25) is 5.91 Å². The van der Waals surface area contributed by atoms with Gasteiger partial charge in [0.15, 0.2) is 6.10 Å². The molecule has 5 rings (SSSR count). The van der Waals surface area contributed by atoms with Crippen LogP contribution in [0.3, 0.4) is 0 Å². The summed E-state index contributed by atoms with van der Waals surface area (Å²) in [7, 11) is 0. The number of aryl methyl sites for hydroxylation is 1. The molecule has 2 saturated heterocycles. The van der Waals surface area contributed by atoms with Crippen molar-refractivity contribution < 1.29 is 19.3 Å². The summed E-state index contributed by atoms with van der Waals surface area (Å²) in [5.74, 6) is -1.62. The molecule has 32 heavy (non-hydrogen) atoms. The standard InChI is InChI=1S/C24H19N3O5/c1-15-7-5-6-10-19(15)21-20-22(32-26(21)17-8-3-2-4-9-17)24(29)25(23(20)28)16-11-13-18(14-12-16)27(30)31/h2-14,20-22H,1H3/t20-,21+,22-/m0/s1. The van der Waals surface area contributed by atoms with Crippen LogP contribution in [0.5, 0.6) is 0 Å². The van der Waals surface area contributed by atoms with Gasteiger partial charge in [0, 0.05) is 12.1 Å². The number of anilines is 2.